The van der Waals surface area contributed by atoms with Gasteiger partial charge < -0.3 is 4.74 Å². The Bertz CT molecular complexity index is 758. The van der Waals surface area contributed by atoms with Crippen molar-refractivity contribution in [3.63, 3.8) is 0 Å². The summed E-state index contributed by atoms with van der Waals surface area (Å²) >= 11 is 3.30. The van der Waals surface area contributed by atoms with Gasteiger partial charge in [-0.1, -0.05) is 34.1 Å². The van der Waals surface area contributed by atoms with Crippen molar-refractivity contribution in [1.82, 2.24) is 0 Å². The number of Topliss-reactive ketones (excluding diaryl/α,β-unsaturated/α-hetero) is 1. The number of carbonyl (C=O) groups is 2. The predicted molar refractivity (Wildman–Crippen MR) is 91.1 cm³/mol. The van der Waals surface area contributed by atoms with Gasteiger partial charge in [-0.05, 0) is 24.6 Å². The van der Waals surface area contributed by atoms with Gasteiger partial charge in [-0.2, -0.15) is 0 Å². The lowest BCUT2D eigenvalue weighted by atomic mass is 10.1. The molecule has 0 fully saturated rings. The van der Waals surface area contributed by atoms with E-state index < -0.39 is 10.9 Å². The molecule has 0 aliphatic heterocycles. The first-order chi connectivity index (χ1) is 11.5. The van der Waals surface area contributed by atoms with Gasteiger partial charge in [0.15, 0.2) is 5.78 Å². The van der Waals surface area contributed by atoms with Crippen molar-refractivity contribution < 1.29 is 19.2 Å². The van der Waals surface area contributed by atoms with Crippen LogP contribution in [0.3, 0.4) is 0 Å². The van der Waals surface area contributed by atoms with Crippen LogP contribution in [0.15, 0.2) is 53.0 Å². The number of benzene rings is 2. The number of esters is 1. The topological polar surface area (TPSA) is 86.5 Å². The highest BCUT2D eigenvalue weighted by Gasteiger charge is 2.13. The van der Waals surface area contributed by atoms with E-state index in [2.05, 4.69) is 15.9 Å². The number of hydrogen-bond acceptors (Lipinski definition) is 5. The maximum Gasteiger partial charge on any atom is 0.338 e. The van der Waals surface area contributed by atoms with E-state index in [1.165, 1.54) is 18.2 Å². The van der Waals surface area contributed by atoms with E-state index in [0.717, 1.165) is 10.5 Å². The maximum atomic E-state index is 12.0. The smallest absolute Gasteiger partial charge is 0.338 e. The van der Waals surface area contributed by atoms with Gasteiger partial charge in [0, 0.05) is 28.6 Å². The second-order valence-electron chi connectivity index (χ2n) is 4.98. The second-order valence-corrected chi connectivity index (χ2v) is 5.89. The summed E-state index contributed by atoms with van der Waals surface area (Å²) < 4.78 is 5.94. The molecule has 24 heavy (non-hydrogen) atoms. The number of carbonyl (C=O) groups excluding carboxylic acids is 2. The summed E-state index contributed by atoms with van der Waals surface area (Å²) in [6.07, 6.45) is 0.638. The molecule has 0 saturated carbocycles. The monoisotopic (exact) mass is 391 g/mol. The molecular formula is C17H14BrNO5. The van der Waals surface area contributed by atoms with Gasteiger partial charge in [0.2, 0.25) is 0 Å². The number of nitro groups is 1. The summed E-state index contributed by atoms with van der Waals surface area (Å²) in [5.74, 6) is -0.677. The van der Waals surface area contributed by atoms with Crippen molar-refractivity contribution in [3.05, 3.63) is 74.2 Å². The van der Waals surface area contributed by atoms with E-state index in [0.29, 0.717) is 12.0 Å². The van der Waals surface area contributed by atoms with Crippen molar-refractivity contribution in [2.24, 2.45) is 0 Å². The van der Waals surface area contributed by atoms with Crippen molar-refractivity contribution >= 4 is 33.4 Å². The van der Waals surface area contributed by atoms with Crippen LogP contribution in [-0.2, 0) is 4.74 Å². The predicted octanol–water partition coefficient (Wildman–Crippen LogP) is 4.18. The third kappa shape index (κ3) is 4.99. The molecule has 0 saturated heterocycles. The minimum Gasteiger partial charge on any atom is -0.462 e. The molecule has 6 nitrogen and oxygen atoms in total. The first-order valence-corrected chi connectivity index (χ1v) is 7.97. The zero-order chi connectivity index (χ0) is 17.5. The van der Waals surface area contributed by atoms with Crippen LogP contribution in [-0.4, -0.2) is 23.3 Å². The van der Waals surface area contributed by atoms with Crippen LogP contribution in [0.4, 0.5) is 5.69 Å². The molecule has 0 heterocycles. The van der Waals surface area contributed by atoms with E-state index in [1.54, 1.807) is 24.3 Å². The first kappa shape index (κ1) is 17.8. The van der Waals surface area contributed by atoms with Gasteiger partial charge in [0.1, 0.15) is 0 Å². The highest BCUT2D eigenvalue weighted by molar-refractivity contribution is 9.10. The van der Waals surface area contributed by atoms with Crippen LogP contribution in [0.2, 0.25) is 0 Å². The lowest BCUT2D eigenvalue weighted by Gasteiger charge is -2.05. The SMILES string of the molecule is O=C(CCCOC(=O)c1cccc([N+](=O)[O-])c1)c1ccc(Br)cc1. The number of nitrogens with zero attached hydrogens (tertiary/aromatic N) is 1. The van der Waals surface area contributed by atoms with E-state index in [1.807, 2.05) is 0 Å². The maximum absolute atomic E-state index is 12.0. The fraction of sp³-hybridized carbons (Fsp3) is 0.176. The largest absolute Gasteiger partial charge is 0.462 e. The van der Waals surface area contributed by atoms with Crippen LogP contribution in [0, 0.1) is 10.1 Å². The molecule has 0 N–H and O–H groups in total. The number of rotatable bonds is 7. The zero-order valence-electron chi connectivity index (χ0n) is 12.6. The van der Waals surface area contributed by atoms with Crippen LogP contribution in [0.1, 0.15) is 33.6 Å². The average molecular weight is 392 g/mol. The Hall–Kier alpha value is -2.54. The summed E-state index contributed by atoms with van der Waals surface area (Å²) in [5, 5.41) is 10.7. The molecule has 2 rings (SSSR count). The van der Waals surface area contributed by atoms with Crippen molar-refractivity contribution in [2.75, 3.05) is 6.61 Å². The molecule has 0 atom stereocenters. The molecule has 0 aliphatic rings. The highest BCUT2D eigenvalue weighted by Crippen LogP contribution is 2.15. The number of ether oxygens (including phenoxy) is 1. The Balaban J connectivity index is 1.80. The van der Waals surface area contributed by atoms with Crippen LogP contribution in [0.5, 0.6) is 0 Å². The van der Waals surface area contributed by atoms with E-state index in [4.69, 9.17) is 4.74 Å². The fourth-order valence-electron chi connectivity index (χ4n) is 2.01. The Morgan fingerprint density at radius 3 is 2.46 bits per heavy atom. The summed E-state index contributed by atoms with van der Waals surface area (Å²) in [6.45, 7) is 0.0732. The number of ketones is 1. The molecule has 2 aromatic rings. The minimum atomic E-state index is -0.644. The van der Waals surface area contributed by atoms with Crippen molar-refractivity contribution in [3.8, 4) is 0 Å². The molecule has 0 bridgehead atoms. The van der Waals surface area contributed by atoms with Crippen LogP contribution in [0.25, 0.3) is 0 Å². The number of non-ortho nitro benzene ring substituents is 1. The van der Waals surface area contributed by atoms with Crippen LogP contribution >= 0.6 is 15.9 Å². The third-order valence-electron chi connectivity index (χ3n) is 3.24. The lowest BCUT2D eigenvalue weighted by molar-refractivity contribution is -0.384. The van der Waals surface area contributed by atoms with E-state index in [9.17, 15) is 19.7 Å². The van der Waals surface area contributed by atoms with Gasteiger partial charge in [0.25, 0.3) is 5.69 Å². The van der Waals surface area contributed by atoms with Crippen molar-refractivity contribution in [1.29, 1.82) is 0 Å². The van der Waals surface area contributed by atoms with Gasteiger partial charge in [0.05, 0.1) is 17.1 Å². The van der Waals surface area contributed by atoms with E-state index in [-0.39, 0.29) is 30.1 Å². The highest BCUT2D eigenvalue weighted by atomic mass is 79.9. The number of hydrogen-bond donors (Lipinski definition) is 0. The Labute approximate surface area is 146 Å². The normalized spacial score (nSPS) is 10.2. The minimum absolute atomic E-state index is 0.0334. The molecule has 0 aliphatic carbocycles. The fourth-order valence-corrected chi connectivity index (χ4v) is 2.27. The molecular weight excluding hydrogens is 378 g/mol. The lowest BCUT2D eigenvalue weighted by Crippen LogP contribution is -2.08. The quantitative estimate of drug-likeness (QED) is 0.232. The summed E-state index contributed by atoms with van der Waals surface area (Å²) in [6, 6.07) is 12.4. The summed E-state index contributed by atoms with van der Waals surface area (Å²) in [7, 11) is 0. The molecule has 0 aromatic heterocycles. The summed E-state index contributed by atoms with van der Waals surface area (Å²) in [5.41, 5.74) is 0.543. The van der Waals surface area contributed by atoms with E-state index >= 15 is 0 Å². The van der Waals surface area contributed by atoms with Gasteiger partial charge in [-0.3, -0.25) is 14.9 Å². The molecule has 0 radical (unpaired) electrons. The third-order valence-corrected chi connectivity index (χ3v) is 3.77. The summed E-state index contributed by atoms with van der Waals surface area (Å²) in [4.78, 5) is 33.9. The Kier molecular flexibility index (Phi) is 6.20. The van der Waals surface area contributed by atoms with Gasteiger partial charge in [-0.25, -0.2) is 4.79 Å². The Morgan fingerprint density at radius 1 is 1.08 bits per heavy atom. The average Bonchev–Trinajstić information content (AvgIpc) is 2.59. The van der Waals surface area contributed by atoms with Crippen LogP contribution < -0.4 is 0 Å². The van der Waals surface area contributed by atoms with Crippen molar-refractivity contribution in [2.45, 2.75) is 12.8 Å². The molecule has 124 valence electrons. The van der Waals surface area contributed by atoms with Gasteiger partial charge in [-0.15, -0.1) is 0 Å². The standard InChI is InChI=1S/C17H14BrNO5/c18-14-8-6-12(7-9-14)16(20)5-2-10-24-17(21)13-3-1-4-15(11-13)19(22)23/h1,3-4,6-9,11H,2,5,10H2. The number of nitro benzene ring substituents is 1. The zero-order valence-corrected chi connectivity index (χ0v) is 14.2. The molecule has 0 spiro atoms. The first-order valence-electron chi connectivity index (χ1n) is 7.18. The Morgan fingerprint density at radius 2 is 1.79 bits per heavy atom. The molecule has 2 aromatic carbocycles. The van der Waals surface area contributed by atoms with Gasteiger partial charge >= 0.3 is 5.97 Å². The second kappa shape index (κ2) is 8.35. The molecule has 0 unspecified atom stereocenters. The molecule has 0 amide bonds. The molecule has 7 heteroatoms. The number of halogens is 1.